The highest BCUT2D eigenvalue weighted by atomic mass is 35.5. The summed E-state index contributed by atoms with van der Waals surface area (Å²) >= 11 is 5.66. The second-order valence-electron chi connectivity index (χ2n) is 5.59. The van der Waals surface area contributed by atoms with Gasteiger partial charge < -0.3 is 9.64 Å². The molecule has 0 aromatic carbocycles. The predicted octanol–water partition coefficient (Wildman–Crippen LogP) is -0.0368. The molecule has 2 aliphatic rings. The summed E-state index contributed by atoms with van der Waals surface area (Å²) in [6.45, 7) is 4.82. The number of hydrogen-bond acceptors (Lipinski definition) is 5. The lowest BCUT2D eigenvalue weighted by molar-refractivity contribution is -0.130. The molecule has 2 fully saturated rings. The summed E-state index contributed by atoms with van der Waals surface area (Å²) in [5.41, 5.74) is 0. The maximum atomic E-state index is 12.0. The van der Waals surface area contributed by atoms with Crippen LogP contribution in [0.3, 0.4) is 0 Å². The first kappa shape index (κ1) is 17.0. The van der Waals surface area contributed by atoms with E-state index in [-0.39, 0.29) is 29.3 Å². The number of amides is 1. The molecule has 0 N–H and O–H groups in total. The van der Waals surface area contributed by atoms with Crippen LogP contribution in [0, 0.1) is 0 Å². The normalized spacial score (nSPS) is 25.9. The van der Waals surface area contributed by atoms with Crippen LogP contribution >= 0.6 is 11.6 Å². The second-order valence-corrected chi connectivity index (χ2v) is 8.08. The summed E-state index contributed by atoms with van der Waals surface area (Å²) in [4.78, 5) is 15.9. The molecular formula is C13H23ClN2O4S. The van der Waals surface area contributed by atoms with E-state index in [0.717, 1.165) is 39.3 Å². The van der Waals surface area contributed by atoms with Crippen molar-refractivity contribution in [3.63, 3.8) is 0 Å². The van der Waals surface area contributed by atoms with Crippen molar-refractivity contribution < 1.29 is 17.9 Å². The Morgan fingerprint density at radius 2 is 2.05 bits per heavy atom. The first-order valence-corrected chi connectivity index (χ1v) is 9.73. The van der Waals surface area contributed by atoms with E-state index in [2.05, 4.69) is 4.90 Å². The molecule has 0 aromatic heterocycles. The summed E-state index contributed by atoms with van der Waals surface area (Å²) in [5, 5.41) is 0. The van der Waals surface area contributed by atoms with Gasteiger partial charge in [-0.25, -0.2) is 8.42 Å². The summed E-state index contributed by atoms with van der Waals surface area (Å²) < 4.78 is 28.5. The van der Waals surface area contributed by atoms with Gasteiger partial charge in [0.1, 0.15) is 5.88 Å². The van der Waals surface area contributed by atoms with Crippen LogP contribution in [0.25, 0.3) is 0 Å². The van der Waals surface area contributed by atoms with Crippen molar-refractivity contribution in [1.82, 2.24) is 9.80 Å². The van der Waals surface area contributed by atoms with Crippen molar-refractivity contribution >= 4 is 27.3 Å². The second kappa shape index (κ2) is 7.76. The number of sulfone groups is 1. The SMILES string of the molecule is O=C(CCl)N(CCCN1CCOCC1)C1CCS(=O)(=O)C1. The van der Waals surface area contributed by atoms with Gasteiger partial charge in [-0.2, -0.15) is 0 Å². The van der Waals surface area contributed by atoms with Crippen LogP contribution < -0.4 is 0 Å². The predicted molar refractivity (Wildman–Crippen MR) is 81.4 cm³/mol. The third-order valence-corrected chi connectivity index (χ3v) is 6.04. The van der Waals surface area contributed by atoms with Crippen LogP contribution in [0.15, 0.2) is 0 Å². The molecule has 21 heavy (non-hydrogen) atoms. The molecule has 1 atom stereocenters. The Bertz CT molecular complexity index is 451. The highest BCUT2D eigenvalue weighted by molar-refractivity contribution is 7.91. The molecule has 0 aromatic rings. The Labute approximate surface area is 131 Å². The van der Waals surface area contributed by atoms with Crippen LogP contribution in [0.2, 0.25) is 0 Å². The smallest absolute Gasteiger partial charge is 0.237 e. The fraction of sp³-hybridized carbons (Fsp3) is 0.923. The van der Waals surface area contributed by atoms with E-state index >= 15 is 0 Å². The van der Waals surface area contributed by atoms with Gasteiger partial charge in [0.05, 0.1) is 24.7 Å². The van der Waals surface area contributed by atoms with Crippen LogP contribution in [-0.2, 0) is 19.4 Å². The summed E-state index contributed by atoms with van der Waals surface area (Å²) in [6, 6.07) is -0.203. The van der Waals surface area contributed by atoms with Crippen LogP contribution in [-0.4, -0.2) is 86.9 Å². The van der Waals surface area contributed by atoms with Crippen molar-refractivity contribution in [2.45, 2.75) is 18.9 Å². The molecule has 0 bridgehead atoms. The minimum Gasteiger partial charge on any atom is -0.379 e. The lowest BCUT2D eigenvalue weighted by atomic mass is 10.2. The van der Waals surface area contributed by atoms with E-state index in [4.69, 9.17) is 16.3 Å². The Balaban J connectivity index is 1.83. The van der Waals surface area contributed by atoms with Gasteiger partial charge in [0.25, 0.3) is 0 Å². The van der Waals surface area contributed by atoms with E-state index in [9.17, 15) is 13.2 Å². The van der Waals surface area contributed by atoms with Crippen LogP contribution in [0.5, 0.6) is 0 Å². The van der Waals surface area contributed by atoms with Gasteiger partial charge in [-0.15, -0.1) is 11.6 Å². The van der Waals surface area contributed by atoms with E-state index in [1.165, 1.54) is 0 Å². The van der Waals surface area contributed by atoms with Gasteiger partial charge in [0, 0.05) is 32.2 Å². The lowest BCUT2D eigenvalue weighted by Gasteiger charge is -2.30. The molecule has 0 radical (unpaired) electrons. The molecule has 0 spiro atoms. The molecular weight excluding hydrogens is 316 g/mol. The fourth-order valence-corrected chi connectivity index (χ4v) is 4.78. The minimum absolute atomic E-state index is 0.0766. The molecule has 122 valence electrons. The molecule has 2 aliphatic heterocycles. The Morgan fingerprint density at radius 3 is 2.62 bits per heavy atom. The number of alkyl halides is 1. The number of hydrogen-bond donors (Lipinski definition) is 0. The Kier molecular flexibility index (Phi) is 6.28. The van der Waals surface area contributed by atoms with E-state index in [1.54, 1.807) is 4.90 Å². The zero-order valence-corrected chi connectivity index (χ0v) is 13.7. The number of rotatable bonds is 6. The van der Waals surface area contributed by atoms with Gasteiger partial charge in [0.15, 0.2) is 9.84 Å². The number of carbonyl (C=O) groups excluding carboxylic acids is 1. The van der Waals surface area contributed by atoms with Gasteiger partial charge in [-0.1, -0.05) is 0 Å². The molecule has 1 amide bonds. The van der Waals surface area contributed by atoms with E-state index in [0.29, 0.717) is 13.0 Å². The Morgan fingerprint density at radius 1 is 1.33 bits per heavy atom. The number of carbonyl (C=O) groups is 1. The molecule has 0 saturated carbocycles. The molecule has 2 saturated heterocycles. The average molecular weight is 339 g/mol. The van der Waals surface area contributed by atoms with Crippen molar-refractivity contribution in [3.05, 3.63) is 0 Å². The fourth-order valence-electron chi connectivity index (χ4n) is 2.90. The number of morpholine rings is 1. The standard InChI is InChI=1S/C13H23ClN2O4S/c14-10-13(17)16(12-2-9-21(18,19)11-12)4-1-3-15-5-7-20-8-6-15/h12H,1-11H2. The highest BCUT2D eigenvalue weighted by Crippen LogP contribution is 2.18. The molecule has 2 rings (SSSR count). The zero-order valence-electron chi connectivity index (χ0n) is 12.2. The van der Waals surface area contributed by atoms with Crippen molar-refractivity contribution in [1.29, 1.82) is 0 Å². The van der Waals surface area contributed by atoms with Gasteiger partial charge in [0.2, 0.25) is 5.91 Å². The first-order chi connectivity index (χ1) is 10.0. The van der Waals surface area contributed by atoms with Gasteiger partial charge in [-0.05, 0) is 12.8 Å². The number of ether oxygens (including phenoxy) is 1. The minimum atomic E-state index is -2.99. The summed E-state index contributed by atoms with van der Waals surface area (Å²) in [7, 11) is -2.99. The molecule has 2 heterocycles. The van der Waals surface area contributed by atoms with E-state index < -0.39 is 9.84 Å². The third kappa shape index (κ3) is 5.09. The number of halogens is 1. The maximum absolute atomic E-state index is 12.0. The molecule has 0 aliphatic carbocycles. The number of nitrogens with zero attached hydrogens (tertiary/aromatic N) is 2. The van der Waals surface area contributed by atoms with Crippen LogP contribution in [0.1, 0.15) is 12.8 Å². The van der Waals surface area contributed by atoms with Gasteiger partial charge >= 0.3 is 0 Å². The van der Waals surface area contributed by atoms with E-state index in [1.807, 2.05) is 0 Å². The Hall–Kier alpha value is -0.370. The maximum Gasteiger partial charge on any atom is 0.237 e. The van der Waals surface area contributed by atoms with Crippen molar-refractivity contribution in [3.8, 4) is 0 Å². The molecule has 8 heteroatoms. The topological polar surface area (TPSA) is 66.9 Å². The quantitative estimate of drug-likeness (QED) is 0.636. The molecule has 1 unspecified atom stereocenters. The largest absolute Gasteiger partial charge is 0.379 e. The highest BCUT2D eigenvalue weighted by Gasteiger charge is 2.34. The zero-order chi connectivity index (χ0) is 15.3. The summed E-state index contributed by atoms with van der Waals surface area (Å²) in [6.07, 6.45) is 1.36. The molecule has 6 nitrogen and oxygen atoms in total. The third-order valence-electron chi connectivity index (χ3n) is 4.06. The van der Waals surface area contributed by atoms with Crippen molar-refractivity contribution in [2.75, 3.05) is 56.8 Å². The van der Waals surface area contributed by atoms with Crippen molar-refractivity contribution in [2.24, 2.45) is 0 Å². The lowest BCUT2D eigenvalue weighted by Crippen LogP contribution is -2.44. The summed E-state index contributed by atoms with van der Waals surface area (Å²) in [5.74, 6) is -0.00479. The van der Waals surface area contributed by atoms with Gasteiger partial charge in [-0.3, -0.25) is 9.69 Å². The average Bonchev–Trinajstić information content (AvgIpc) is 2.84. The van der Waals surface area contributed by atoms with Crippen LogP contribution in [0.4, 0.5) is 0 Å². The monoisotopic (exact) mass is 338 g/mol. The first-order valence-electron chi connectivity index (χ1n) is 7.38.